The van der Waals surface area contributed by atoms with Gasteiger partial charge in [0.1, 0.15) is 9.90 Å². The van der Waals surface area contributed by atoms with Crippen LogP contribution in [0.25, 0.3) is 0 Å². The van der Waals surface area contributed by atoms with E-state index < -0.39 is 9.84 Å². The largest absolute Gasteiger partial charge is 0.382 e. The summed E-state index contributed by atoms with van der Waals surface area (Å²) >= 11 is 1.09. The number of rotatable bonds is 5. The van der Waals surface area contributed by atoms with Crippen molar-refractivity contribution in [3.8, 4) is 0 Å². The van der Waals surface area contributed by atoms with Crippen molar-refractivity contribution in [1.29, 1.82) is 0 Å². The minimum Gasteiger partial charge on any atom is -0.382 e. The maximum absolute atomic E-state index is 11.6. The molecule has 0 saturated carbocycles. The predicted octanol–water partition coefficient (Wildman–Crippen LogP) is 2.22. The highest BCUT2D eigenvalue weighted by atomic mass is 32.2. The SMILES string of the molecule is CC(C)C(C)(C)CNc1snc(N)c1S(C)(=O)=O. The Morgan fingerprint density at radius 2 is 2.00 bits per heavy atom. The molecular weight excluding hydrogens is 270 g/mol. The van der Waals surface area contributed by atoms with Crippen LogP contribution < -0.4 is 11.1 Å². The molecule has 0 bridgehead atoms. The Morgan fingerprint density at radius 1 is 1.44 bits per heavy atom. The van der Waals surface area contributed by atoms with E-state index in [9.17, 15) is 8.42 Å². The van der Waals surface area contributed by atoms with Gasteiger partial charge in [-0.3, -0.25) is 0 Å². The Bertz CT molecular complexity index is 518. The van der Waals surface area contributed by atoms with Crippen molar-refractivity contribution in [3.63, 3.8) is 0 Å². The number of hydrogen-bond donors (Lipinski definition) is 2. The smallest absolute Gasteiger partial charge is 0.182 e. The minimum absolute atomic E-state index is 0.0630. The molecule has 0 atom stereocenters. The number of nitrogen functional groups attached to an aromatic ring is 1. The molecular formula is C11H21N3O2S2. The standard InChI is InChI=1S/C11H21N3O2S2/c1-7(2)11(3,4)6-13-10-8(18(5,15)16)9(12)14-17-10/h7,13H,6H2,1-5H3,(H2,12,14). The van der Waals surface area contributed by atoms with Crippen LogP contribution in [0, 0.1) is 11.3 Å². The summed E-state index contributed by atoms with van der Waals surface area (Å²) in [5.74, 6) is 0.560. The van der Waals surface area contributed by atoms with Crippen LogP contribution in [0.15, 0.2) is 4.90 Å². The normalized spacial score (nSPS) is 13.0. The van der Waals surface area contributed by atoms with E-state index in [1.54, 1.807) is 0 Å². The number of nitrogens with two attached hydrogens (primary N) is 1. The van der Waals surface area contributed by atoms with Crippen molar-refractivity contribution in [3.05, 3.63) is 0 Å². The van der Waals surface area contributed by atoms with Gasteiger partial charge in [-0.05, 0) is 22.9 Å². The predicted molar refractivity (Wildman–Crippen MR) is 76.7 cm³/mol. The molecule has 0 spiro atoms. The number of hydrogen-bond acceptors (Lipinski definition) is 6. The molecule has 0 aliphatic heterocycles. The summed E-state index contributed by atoms with van der Waals surface area (Å²) in [7, 11) is -3.35. The van der Waals surface area contributed by atoms with E-state index >= 15 is 0 Å². The molecule has 0 fully saturated rings. The fraction of sp³-hybridized carbons (Fsp3) is 0.727. The lowest BCUT2D eigenvalue weighted by molar-refractivity contribution is 0.270. The first-order valence-corrected chi connectivity index (χ1v) is 8.41. The highest BCUT2D eigenvalue weighted by Gasteiger charge is 2.25. The average molecular weight is 291 g/mol. The summed E-state index contributed by atoms with van der Waals surface area (Å²) in [5, 5.41) is 3.69. The molecule has 0 aromatic carbocycles. The quantitative estimate of drug-likeness (QED) is 0.869. The van der Waals surface area contributed by atoms with Crippen molar-refractivity contribution in [2.45, 2.75) is 32.6 Å². The Hall–Kier alpha value is -0.820. The van der Waals surface area contributed by atoms with Crippen LogP contribution in [0.1, 0.15) is 27.7 Å². The van der Waals surface area contributed by atoms with Gasteiger partial charge in [0, 0.05) is 12.8 Å². The monoisotopic (exact) mass is 291 g/mol. The molecule has 104 valence electrons. The van der Waals surface area contributed by atoms with E-state index in [-0.39, 0.29) is 16.1 Å². The van der Waals surface area contributed by atoms with Crippen LogP contribution in [0.4, 0.5) is 10.8 Å². The van der Waals surface area contributed by atoms with E-state index in [1.807, 2.05) is 0 Å². The highest BCUT2D eigenvalue weighted by molar-refractivity contribution is 7.91. The lowest BCUT2D eigenvalue weighted by Crippen LogP contribution is -2.28. The zero-order valence-electron chi connectivity index (χ0n) is 11.4. The van der Waals surface area contributed by atoms with Crippen molar-refractivity contribution in [2.24, 2.45) is 11.3 Å². The molecule has 1 rings (SSSR count). The second-order valence-electron chi connectivity index (χ2n) is 5.50. The summed E-state index contributed by atoms with van der Waals surface area (Å²) in [4.78, 5) is 0.118. The van der Waals surface area contributed by atoms with Gasteiger partial charge in [0.2, 0.25) is 0 Å². The first-order valence-electron chi connectivity index (χ1n) is 5.75. The van der Waals surface area contributed by atoms with Gasteiger partial charge in [-0.1, -0.05) is 27.7 Å². The van der Waals surface area contributed by atoms with E-state index in [0.29, 0.717) is 17.5 Å². The van der Waals surface area contributed by atoms with Crippen LogP contribution >= 0.6 is 11.5 Å². The minimum atomic E-state index is -3.35. The van der Waals surface area contributed by atoms with Gasteiger partial charge >= 0.3 is 0 Å². The molecule has 0 saturated heterocycles. The van der Waals surface area contributed by atoms with Gasteiger partial charge in [-0.15, -0.1) is 0 Å². The molecule has 0 unspecified atom stereocenters. The van der Waals surface area contributed by atoms with E-state index in [1.165, 1.54) is 0 Å². The molecule has 3 N–H and O–H groups in total. The van der Waals surface area contributed by atoms with Crippen LogP contribution in [0.3, 0.4) is 0 Å². The van der Waals surface area contributed by atoms with Crippen molar-refractivity contribution < 1.29 is 8.42 Å². The maximum Gasteiger partial charge on any atom is 0.182 e. The summed E-state index contributed by atoms with van der Waals surface area (Å²) < 4.78 is 27.2. The van der Waals surface area contributed by atoms with Crippen LogP contribution in [0.5, 0.6) is 0 Å². The van der Waals surface area contributed by atoms with Crippen LogP contribution in [-0.2, 0) is 9.84 Å². The molecule has 0 radical (unpaired) electrons. The van der Waals surface area contributed by atoms with Gasteiger partial charge in [-0.2, -0.15) is 4.37 Å². The number of nitrogens with one attached hydrogen (secondary N) is 1. The fourth-order valence-electron chi connectivity index (χ4n) is 1.28. The third kappa shape index (κ3) is 3.35. The Kier molecular flexibility index (Phi) is 4.27. The molecule has 1 aromatic heterocycles. The Labute approximate surface area is 113 Å². The average Bonchev–Trinajstić information content (AvgIpc) is 2.56. The molecule has 18 heavy (non-hydrogen) atoms. The van der Waals surface area contributed by atoms with Crippen molar-refractivity contribution in [1.82, 2.24) is 4.37 Å². The molecule has 1 aromatic rings. The van der Waals surface area contributed by atoms with E-state index in [2.05, 4.69) is 37.4 Å². The zero-order chi connectivity index (χ0) is 14.1. The second-order valence-corrected chi connectivity index (χ2v) is 8.22. The molecule has 0 aliphatic carbocycles. The zero-order valence-corrected chi connectivity index (χ0v) is 13.1. The lowest BCUT2D eigenvalue weighted by Gasteiger charge is -2.29. The van der Waals surface area contributed by atoms with E-state index in [4.69, 9.17) is 5.73 Å². The van der Waals surface area contributed by atoms with Gasteiger partial charge in [-0.25, -0.2) is 8.42 Å². The van der Waals surface area contributed by atoms with Gasteiger partial charge in [0.25, 0.3) is 0 Å². The summed E-state index contributed by atoms with van der Waals surface area (Å²) in [6, 6.07) is 0. The number of anilines is 2. The molecule has 7 heteroatoms. The van der Waals surface area contributed by atoms with Crippen molar-refractivity contribution >= 4 is 32.2 Å². The van der Waals surface area contributed by atoms with Crippen molar-refractivity contribution in [2.75, 3.05) is 23.9 Å². The topological polar surface area (TPSA) is 85.1 Å². The molecule has 5 nitrogen and oxygen atoms in total. The first-order chi connectivity index (χ1) is 8.05. The summed E-state index contributed by atoms with van der Waals surface area (Å²) in [6.07, 6.45) is 1.14. The fourth-order valence-corrected chi connectivity index (χ4v) is 3.34. The third-order valence-corrected chi connectivity index (χ3v) is 5.42. The summed E-state index contributed by atoms with van der Waals surface area (Å²) in [5.41, 5.74) is 5.67. The first kappa shape index (κ1) is 15.2. The molecule has 0 amide bonds. The van der Waals surface area contributed by atoms with Crippen LogP contribution in [-0.4, -0.2) is 25.6 Å². The molecule has 0 aliphatic rings. The number of nitrogens with zero attached hydrogens (tertiary/aromatic N) is 1. The Balaban J connectivity index is 2.95. The second kappa shape index (κ2) is 5.05. The van der Waals surface area contributed by atoms with Gasteiger partial charge < -0.3 is 11.1 Å². The van der Waals surface area contributed by atoms with Gasteiger partial charge in [0.05, 0.1) is 0 Å². The number of sulfone groups is 1. The molecule has 1 heterocycles. The lowest BCUT2D eigenvalue weighted by atomic mass is 9.81. The van der Waals surface area contributed by atoms with Crippen LogP contribution in [0.2, 0.25) is 0 Å². The van der Waals surface area contributed by atoms with E-state index in [0.717, 1.165) is 17.8 Å². The highest BCUT2D eigenvalue weighted by Crippen LogP contribution is 2.33. The summed E-state index contributed by atoms with van der Waals surface area (Å²) in [6.45, 7) is 9.22. The van der Waals surface area contributed by atoms with Gasteiger partial charge in [0.15, 0.2) is 15.7 Å². The third-order valence-electron chi connectivity index (χ3n) is 3.31. The maximum atomic E-state index is 11.6. The Morgan fingerprint density at radius 3 is 2.44 bits per heavy atom. The number of aromatic nitrogens is 1.